The van der Waals surface area contributed by atoms with Gasteiger partial charge in [0.1, 0.15) is 17.8 Å². The highest BCUT2D eigenvalue weighted by atomic mass is 19.1. The molecule has 0 radical (unpaired) electrons. The molecule has 5 heteroatoms. The summed E-state index contributed by atoms with van der Waals surface area (Å²) in [6, 6.07) is 13.1. The minimum atomic E-state index is -0.324. The summed E-state index contributed by atoms with van der Waals surface area (Å²) in [4.78, 5) is 10.6. The van der Waals surface area contributed by atoms with E-state index in [1.165, 1.54) is 16.8 Å². The fourth-order valence-corrected chi connectivity index (χ4v) is 1.87. The SMILES string of the molecule is O=Cc1ccc(-c2cn(-c3cccc(F)c3)nn2)cc1. The molecule has 0 unspecified atom stereocenters. The summed E-state index contributed by atoms with van der Waals surface area (Å²) in [7, 11) is 0. The molecule has 0 fully saturated rings. The standard InChI is InChI=1S/C15H10FN3O/c16-13-2-1-3-14(8-13)19-9-15(17-18-19)12-6-4-11(10-20)5-7-12/h1-10H. The molecule has 0 atom stereocenters. The lowest BCUT2D eigenvalue weighted by atomic mass is 10.1. The van der Waals surface area contributed by atoms with Crippen molar-refractivity contribution in [1.29, 1.82) is 0 Å². The number of carbonyl (C=O) groups is 1. The minimum absolute atomic E-state index is 0.324. The van der Waals surface area contributed by atoms with E-state index in [9.17, 15) is 9.18 Å². The third-order valence-electron chi connectivity index (χ3n) is 2.91. The number of carbonyl (C=O) groups excluding carboxylic acids is 1. The van der Waals surface area contributed by atoms with Gasteiger partial charge < -0.3 is 0 Å². The van der Waals surface area contributed by atoms with E-state index in [2.05, 4.69) is 10.3 Å². The van der Waals surface area contributed by atoms with Crippen LogP contribution in [0.4, 0.5) is 4.39 Å². The first-order valence-corrected chi connectivity index (χ1v) is 6.00. The summed E-state index contributed by atoms with van der Waals surface area (Å²) < 4.78 is 14.7. The van der Waals surface area contributed by atoms with E-state index in [-0.39, 0.29) is 5.82 Å². The van der Waals surface area contributed by atoms with Gasteiger partial charge in [-0.2, -0.15) is 0 Å². The first-order valence-electron chi connectivity index (χ1n) is 6.00. The molecule has 0 saturated heterocycles. The summed E-state index contributed by atoms with van der Waals surface area (Å²) in [5.74, 6) is -0.324. The lowest BCUT2D eigenvalue weighted by molar-refractivity contribution is 0.112. The van der Waals surface area contributed by atoms with E-state index in [0.717, 1.165) is 11.8 Å². The van der Waals surface area contributed by atoms with Gasteiger partial charge in [0.25, 0.3) is 0 Å². The number of halogens is 1. The first-order chi connectivity index (χ1) is 9.76. The van der Waals surface area contributed by atoms with Crippen molar-refractivity contribution in [2.45, 2.75) is 0 Å². The Kier molecular flexibility index (Phi) is 3.09. The van der Waals surface area contributed by atoms with E-state index in [1.54, 1.807) is 42.6 Å². The Morgan fingerprint density at radius 3 is 2.60 bits per heavy atom. The normalized spacial score (nSPS) is 10.4. The monoisotopic (exact) mass is 267 g/mol. The quantitative estimate of drug-likeness (QED) is 0.685. The lowest BCUT2D eigenvalue weighted by Gasteiger charge is -1.99. The minimum Gasteiger partial charge on any atom is -0.298 e. The van der Waals surface area contributed by atoms with Gasteiger partial charge in [0.2, 0.25) is 0 Å². The maximum atomic E-state index is 13.2. The number of hydrogen-bond acceptors (Lipinski definition) is 3. The molecule has 20 heavy (non-hydrogen) atoms. The molecular formula is C15H10FN3O. The zero-order valence-corrected chi connectivity index (χ0v) is 10.4. The summed E-state index contributed by atoms with van der Waals surface area (Å²) in [5.41, 5.74) is 2.71. The van der Waals surface area contributed by atoms with Crippen molar-refractivity contribution in [2.75, 3.05) is 0 Å². The van der Waals surface area contributed by atoms with Gasteiger partial charge in [-0.25, -0.2) is 9.07 Å². The molecule has 0 bridgehead atoms. The van der Waals surface area contributed by atoms with Gasteiger partial charge in [0.15, 0.2) is 0 Å². The van der Waals surface area contributed by atoms with Crippen molar-refractivity contribution in [3.05, 3.63) is 66.1 Å². The van der Waals surface area contributed by atoms with Crippen LogP contribution in [-0.4, -0.2) is 21.3 Å². The number of benzene rings is 2. The Morgan fingerprint density at radius 1 is 1.10 bits per heavy atom. The molecule has 0 spiro atoms. The maximum Gasteiger partial charge on any atom is 0.150 e. The van der Waals surface area contributed by atoms with Gasteiger partial charge in [0.05, 0.1) is 11.9 Å². The Hall–Kier alpha value is -2.82. The Morgan fingerprint density at radius 2 is 1.90 bits per heavy atom. The summed E-state index contributed by atoms with van der Waals surface area (Å²) in [6.07, 6.45) is 2.50. The Bertz CT molecular complexity index is 750. The van der Waals surface area contributed by atoms with E-state index in [1.807, 2.05) is 0 Å². The van der Waals surface area contributed by atoms with E-state index < -0.39 is 0 Å². The average molecular weight is 267 g/mol. The molecule has 2 aromatic carbocycles. The van der Waals surface area contributed by atoms with Crippen LogP contribution in [0.3, 0.4) is 0 Å². The molecule has 3 aromatic rings. The highest BCUT2D eigenvalue weighted by Gasteiger charge is 2.06. The van der Waals surface area contributed by atoms with Crippen LogP contribution in [0.1, 0.15) is 10.4 Å². The lowest BCUT2D eigenvalue weighted by Crippen LogP contribution is -1.94. The Balaban J connectivity index is 1.95. The van der Waals surface area contributed by atoms with Gasteiger partial charge in [0, 0.05) is 11.1 Å². The molecule has 3 rings (SSSR count). The molecule has 0 aliphatic heterocycles. The second-order valence-electron chi connectivity index (χ2n) is 4.27. The highest BCUT2D eigenvalue weighted by molar-refractivity contribution is 5.76. The topological polar surface area (TPSA) is 47.8 Å². The number of rotatable bonds is 3. The highest BCUT2D eigenvalue weighted by Crippen LogP contribution is 2.18. The Labute approximate surface area is 114 Å². The third-order valence-corrected chi connectivity index (χ3v) is 2.91. The molecule has 0 aliphatic carbocycles. The second kappa shape index (κ2) is 5.05. The van der Waals surface area contributed by atoms with Crippen LogP contribution in [0.2, 0.25) is 0 Å². The van der Waals surface area contributed by atoms with Crippen molar-refractivity contribution >= 4 is 6.29 Å². The summed E-state index contributed by atoms with van der Waals surface area (Å²) >= 11 is 0. The first kappa shape index (κ1) is 12.2. The number of aromatic nitrogens is 3. The van der Waals surface area contributed by atoms with Crippen LogP contribution in [0, 0.1) is 5.82 Å². The van der Waals surface area contributed by atoms with Crippen LogP contribution < -0.4 is 0 Å². The van der Waals surface area contributed by atoms with Gasteiger partial charge in [-0.3, -0.25) is 4.79 Å². The molecule has 0 amide bonds. The molecule has 0 aliphatic rings. The zero-order valence-electron chi connectivity index (χ0n) is 10.4. The van der Waals surface area contributed by atoms with Crippen LogP contribution in [0.5, 0.6) is 0 Å². The van der Waals surface area contributed by atoms with Crippen LogP contribution in [0.25, 0.3) is 16.9 Å². The summed E-state index contributed by atoms with van der Waals surface area (Å²) in [6.45, 7) is 0. The predicted octanol–water partition coefficient (Wildman–Crippen LogP) is 2.89. The zero-order chi connectivity index (χ0) is 13.9. The van der Waals surface area contributed by atoms with Gasteiger partial charge in [-0.1, -0.05) is 35.5 Å². The fraction of sp³-hybridized carbons (Fsp3) is 0. The van der Waals surface area contributed by atoms with Gasteiger partial charge in [-0.05, 0) is 18.2 Å². The molecular weight excluding hydrogens is 257 g/mol. The van der Waals surface area contributed by atoms with Crippen molar-refractivity contribution in [2.24, 2.45) is 0 Å². The smallest absolute Gasteiger partial charge is 0.150 e. The number of nitrogens with zero attached hydrogens (tertiary/aromatic N) is 3. The molecule has 0 N–H and O–H groups in total. The average Bonchev–Trinajstić information content (AvgIpc) is 2.97. The molecule has 1 aromatic heterocycles. The van der Waals surface area contributed by atoms with E-state index in [0.29, 0.717) is 16.9 Å². The molecule has 1 heterocycles. The van der Waals surface area contributed by atoms with Gasteiger partial charge >= 0.3 is 0 Å². The second-order valence-corrected chi connectivity index (χ2v) is 4.27. The van der Waals surface area contributed by atoms with Crippen LogP contribution in [-0.2, 0) is 0 Å². The van der Waals surface area contributed by atoms with E-state index >= 15 is 0 Å². The molecule has 0 saturated carbocycles. The fourth-order valence-electron chi connectivity index (χ4n) is 1.87. The summed E-state index contributed by atoms with van der Waals surface area (Å²) in [5, 5.41) is 8.03. The van der Waals surface area contributed by atoms with Crippen LogP contribution >= 0.6 is 0 Å². The third kappa shape index (κ3) is 2.33. The number of hydrogen-bond donors (Lipinski definition) is 0. The maximum absolute atomic E-state index is 13.2. The van der Waals surface area contributed by atoms with Crippen molar-refractivity contribution < 1.29 is 9.18 Å². The largest absolute Gasteiger partial charge is 0.298 e. The van der Waals surface area contributed by atoms with Gasteiger partial charge in [-0.15, -0.1) is 5.10 Å². The van der Waals surface area contributed by atoms with Crippen molar-refractivity contribution in [3.8, 4) is 16.9 Å². The van der Waals surface area contributed by atoms with Crippen LogP contribution in [0.15, 0.2) is 54.7 Å². The van der Waals surface area contributed by atoms with E-state index in [4.69, 9.17) is 0 Å². The molecule has 98 valence electrons. The number of aldehydes is 1. The van der Waals surface area contributed by atoms with Crippen molar-refractivity contribution in [3.63, 3.8) is 0 Å². The van der Waals surface area contributed by atoms with Crippen molar-refractivity contribution in [1.82, 2.24) is 15.0 Å². The predicted molar refractivity (Wildman–Crippen MR) is 72.1 cm³/mol. The molecule has 4 nitrogen and oxygen atoms in total.